The van der Waals surface area contributed by atoms with E-state index in [9.17, 15) is 8.42 Å². The summed E-state index contributed by atoms with van der Waals surface area (Å²) in [4.78, 5) is 3.80. The van der Waals surface area contributed by atoms with Gasteiger partial charge in [0.1, 0.15) is 4.90 Å². The number of rotatable bonds is 4. The van der Waals surface area contributed by atoms with E-state index in [0.29, 0.717) is 5.69 Å². The Labute approximate surface area is 134 Å². The predicted molar refractivity (Wildman–Crippen MR) is 87.0 cm³/mol. The van der Waals surface area contributed by atoms with E-state index in [1.807, 2.05) is 28.7 Å². The average molecular weight is 425 g/mol. The third-order valence-corrected chi connectivity index (χ3v) is 4.94. The number of hydrogen-bond acceptors (Lipinski definition) is 5. The van der Waals surface area contributed by atoms with Crippen LogP contribution in [-0.2, 0) is 10.0 Å². The molecule has 20 heavy (non-hydrogen) atoms. The summed E-state index contributed by atoms with van der Waals surface area (Å²) < 4.78 is 27.7. The van der Waals surface area contributed by atoms with Crippen LogP contribution in [0.1, 0.15) is 0 Å². The summed E-state index contributed by atoms with van der Waals surface area (Å²) in [5, 5.41) is 0.123. The first kappa shape index (κ1) is 15.3. The number of pyridine rings is 1. The van der Waals surface area contributed by atoms with Gasteiger partial charge in [0.25, 0.3) is 10.0 Å². The maximum absolute atomic E-state index is 12.2. The highest BCUT2D eigenvalue weighted by molar-refractivity contribution is 14.1. The number of aromatic nitrogens is 1. The SMILES string of the molecule is NNc1ncc(S(=O)(=O)Nc2ccccc2I)cc1Cl. The van der Waals surface area contributed by atoms with E-state index in [0.717, 1.165) is 3.57 Å². The van der Waals surface area contributed by atoms with Gasteiger partial charge < -0.3 is 5.43 Å². The molecule has 0 radical (unpaired) electrons. The first-order valence-electron chi connectivity index (χ1n) is 5.33. The smallest absolute Gasteiger partial charge is 0.263 e. The quantitative estimate of drug-likeness (QED) is 0.398. The number of nitrogens with two attached hydrogens (primary N) is 1. The van der Waals surface area contributed by atoms with E-state index in [1.54, 1.807) is 18.2 Å². The van der Waals surface area contributed by atoms with Crippen LogP contribution in [-0.4, -0.2) is 13.4 Å². The van der Waals surface area contributed by atoms with E-state index in [-0.39, 0.29) is 15.7 Å². The number of nitrogen functional groups attached to an aromatic ring is 1. The van der Waals surface area contributed by atoms with Crippen LogP contribution in [0.25, 0.3) is 0 Å². The molecular weight excluding hydrogens is 415 g/mol. The number of sulfonamides is 1. The molecule has 0 fully saturated rings. The van der Waals surface area contributed by atoms with E-state index >= 15 is 0 Å². The Morgan fingerprint density at radius 2 is 2.00 bits per heavy atom. The predicted octanol–water partition coefficient (Wildman–Crippen LogP) is 2.43. The number of hydrazine groups is 1. The highest BCUT2D eigenvalue weighted by atomic mass is 127. The van der Waals surface area contributed by atoms with Gasteiger partial charge in [0.15, 0.2) is 5.82 Å². The van der Waals surface area contributed by atoms with Crippen molar-refractivity contribution in [3.8, 4) is 0 Å². The molecule has 106 valence electrons. The second-order valence-electron chi connectivity index (χ2n) is 3.73. The van der Waals surface area contributed by atoms with Gasteiger partial charge in [-0.1, -0.05) is 23.7 Å². The number of benzene rings is 1. The molecule has 4 N–H and O–H groups in total. The van der Waals surface area contributed by atoms with Crippen molar-refractivity contribution in [1.29, 1.82) is 0 Å². The fourth-order valence-corrected chi connectivity index (χ4v) is 3.46. The number of nitrogens with one attached hydrogen (secondary N) is 2. The molecule has 6 nitrogen and oxygen atoms in total. The minimum atomic E-state index is -3.75. The lowest BCUT2D eigenvalue weighted by atomic mass is 10.3. The van der Waals surface area contributed by atoms with Gasteiger partial charge in [-0.25, -0.2) is 19.2 Å². The van der Waals surface area contributed by atoms with Gasteiger partial charge in [0.2, 0.25) is 0 Å². The van der Waals surface area contributed by atoms with Gasteiger partial charge in [-0.2, -0.15) is 0 Å². The van der Waals surface area contributed by atoms with Crippen LogP contribution in [0.2, 0.25) is 5.02 Å². The zero-order valence-corrected chi connectivity index (χ0v) is 13.7. The van der Waals surface area contributed by atoms with Crippen molar-refractivity contribution in [3.05, 3.63) is 45.1 Å². The van der Waals surface area contributed by atoms with Gasteiger partial charge in [-0.3, -0.25) is 4.72 Å². The lowest BCUT2D eigenvalue weighted by Crippen LogP contribution is -2.15. The summed E-state index contributed by atoms with van der Waals surface area (Å²) in [6, 6.07) is 8.31. The lowest BCUT2D eigenvalue weighted by Gasteiger charge is -2.10. The van der Waals surface area contributed by atoms with Gasteiger partial charge >= 0.3 is 0 Å². The van der Waals surface area contributed by atoms with Crippen molar-refractivity contribution >= 4 is 55.7 Å². The van der Waals surface area contributed by atoms with E-state index in [2.05, 4.69) is 15.1 Å². The molecule has 0 aliphatic heterocycles. The first-order chi connectivity index (χ1) is 9.44. The molecule has 0 atom stereocenters. The first-order valence-corrected chi connectivity index (χ1v) is 8.27. The van der Waals surface area contributed by atoms with Crippen LogP contribution in [0.4, 0.5) is 11.5 Å². The Bertz CT molecular complexity index is 739. The Kier molecular flexibility index (Phi) is 4.68. The van der Waals surface area contributed by atoms with Gasteiger partial charge in [0, 0.05) is 9.77 Å². The topological polar surface area (TPSA) is 97.1 Å². The summed E-state index contributed by atoms with van der Waals surface area (Å²) >= 11 is 7.91. The normalized spacial score (nSPS) is 11.2. The molecular formula is C11H10ClIN4O2S. The highest BCUT2D eigenvalue weighted by Crippen LogP contribution is 2.25. The van der Waals surface area contributed by atoms with E-state index in [1.165, 1.54) is 12.3 Å². The zero-order chi connectivity index (χ0) is 14.8. The molecule has 9 heteroatoms. The molecule has 0 bridgehead atoms. The van der Waals surface area contributed by atoms with E-state index < -0.39 is 10.0 Å². The Morgan fingerprint density at radius 1 is 1.30 bits per heavy atom. The minimum Gasteiger partial charge on any atom is -0.307 e. The summed E-state index contributed by atoms with van der Waals surface area (Å²) in [7, 11) is -3.75. The Balaban J connectivity index is 2.36. The van der Waals surface area contributed by atoms with Crippen LogP contribution in [0.15, 0.2) is 41.4 Å². The maximum Gasteiger partial charge on any atom is 0.263 e. The third kappa shape index (κ3) is 3.32. The summed E-state index contributed by atoms with van der Waals surface area (Å²) in [6.45, 7) is 0. The molecule has 0 saturated heterocycles. The molecule has 2 aromatic rings. The van der Waals surface area contributed by atoms with Gasteiger partial charge in [-0.05, 0) is 40.8 Å². The molecule has 0 amide bonds. The van der Waals surface area contributed by atoms with Crippen LogP contribution in [0, 0.1) is 3.57 Å². The van der Waals surface area contributed by atoms with Crippen LogP contribution in [0.5, 0.6) is 0 Å². The summed E-state index contributed by atoms with van der Waals surface area (Å²) in [5.41, 5.74) is 2.76. The van der Waals surface area contributed by atoms with Crippen molar-refractivity contribution in [2.45, 2.75) is 4.90 Å². The molecule has 0 saturated carbocycles. The number of hydrogen-bond donors (Lipinski definition) is 3. The van der Waals surface area contributed by atoms with Crippen LogP contribution in [0.3, 0.4) is 0 Å². The van der Waals surface area contributed by atoms with Crippen LogP contribution >= 0.6 is 34.2 Å². The zero-order valence-electron chi connectivity index (χ0n) is 9.97. The number of nitrogens with zero attached hydrogens (tertiary/aromatic N) is 1. The monoisotopic (exact) mass is 424 g/mol. The number of anilines is 2. The third-order valence-electron chi connectivity index (χ3n) is 2.38. The molecule has 1 aromatic heterocycles. The fourth-order valence-electron chi connectivity index (χ4n) is 1.42. The molecule has 0 aliphatic rings. The number of para-hydroxylation sites is 1. The molecule has 0 unspecified atom stereocenters. The largest absolute Gasteiger partial charge is 0.307 e. The highest BCUT2D eigenvalue weighted by Gasteiger charge is 2.17. The second kappa shape index (κ2) is 6.12. The molecule has 0 spiro atoms. The Morgan fingerprint density at radius 3 is 2.60 bits per heavy atom. The fraction of sp³-hybridized carbons (Fsp3) is 0. The van der Waals surface area contributed by atoms with Gasteiger partial charge in [0.05, 0.1) is 10.7 Å². The maximum atomic E-state index is 12.2. The van der Waals surface area contributed by atoms with Crippen molar-refractivity contribution in [2.24, 2.45) is 5.84 Å². The standard InChI is InChI=1S/C11H10ClIN4O2S/c12-8-5-7(6-15-11(8)16-14)20(18,19)17-10-4-2-1-3-9(10)13/h1-6,17H,14H2,(H,15,16). The average Bonchev–Trinajstić information content (AvgIpc) is 2.41. The summed E-state index contributed by atoms with van der Waals surface area (Å²) in [6.07, 6.45) is 1.18. The van der Waals surface area contributed by atoms with Gasteiger partial charge in [-0.15, -0.1) is 0 Å². The number of halogens is 2. The van der Waals surface area contributed by atoms with Crippen molar-refractivity contribution in [1.82, 2.24) is 4.98 Å². The van der Waals surface area contributed by atoms with Crippen LogP contribution < -0.4 is 16.0 Å². The lowest BCUT2D eigenvalue weighted by molar-refractivity contribution is 0.601. The van der Waals surface area contributed by atoms with Crippen molar-refractivity contribution in [2.75, 3.05) is 10.1 Å². The minimum absolute atomic E-state index is 0.0406. The molecule has 0 aliphatic carbocycles. The molecule has 2 rings (SSSR count). The van der Waals surface area contributed by atoms with E-state index in [4.69, 9.17) is 17.4 Å². The second-order valence-corrected chi connectivity index (χ2v) is 6.98. The summed E-state index contributed by atoms with van der Waals surface area (Å²) in [5.74, 6) is 5.40. The van der Waals surface area contributed by atoms with Crippen molar-refractivity contribution < 1.29 is 8.42 Å². The van der Waals surface area contributed by atoms with Crippen molar-refractivity contribution in [3.63, 3.8) is 0 Å². The molecule has 1 heterocycles. The molecule has 1 aromatic carbocycles. The Hall–Kier alpha value is -1.10.